The molecule has 0 fully saturated rings. The lowest BCUT2D eigenvalue weighted by Crippen LogP contribution is -2.31. The zero-order valence-electron chi connectivity index (χ0n) is 12.1. The second kappa shape index (κ2) is 6.89. The van der Waals surface area contributed by atoms with Gasteiger partial charge < -0.3 is 4.74 Å². The lowest BCUT2D eigenvalue weighted by Gasteiger charge is -2.24. The Hall–Kier alpha value is -1.24. The minimum atomic E-state index is -3.71. The summed E-state index contributed by atoms with van der Waals surface area (Å²) in [5.74, 6) is 0.435. The fourth-order valence-corrected chi connectivity index (χ4v) is 4.52. The van der Waals surface area contributed by atoms with E-state index in [-0.39, 0.29) is 9.92 Å². The predicted octanol–water partition coefficient (Wildman–Crippen LogP) is 4.33. The molecule has 0 amide bonds. The van der Waals surface area contributed by atoms with E-state index >= 15 is 0 Å². The summed E-state index contributed by atoms with van der Waals surface area (Å²) < 4.78 is 32.8. The fraction of sp³-hybridized carbons (Fsp3) is 0.200. The van der Waals surface area contributed by atoms with Gasteiger partial charge in [-0.05, 0) is 53.2 Å². The molecule has 4 nitrogen and oxygen atoms in total. The van der Waals surface area contributed by atoms with Crippen molar-refractivity contribution in [2.75, 3.05) is 18.0 Å². The van der Waals surface area contributed by atoms with Crippen molar-refractivity contribution in [3.63, 3.8) is 0 Å². The Labute approximate surface area is 143 Å². The smallest absolute Gasteiger partial charge is 0.264 e. The molecule has 7 heteroatoms. The van der Waals surface area contributed by atoms with Crippen molar-refractivity contribution in [2.45, 2.75) is 11.8 Å². The number of hydrogen-bond acceptors (Lipinski definition) is 3. The third-order valence-electron chi connectivity index (χ3n) is 3.12. The molecule has 0 unspecified atom stereocenters. The lowest BCUT2D eigenvalue weighted by atomic mass is 10.3. The molecule has 0 heterocycles. The van der Waals surface area contributed by atoms with Crippen molar-refractivity contribution < 1.29 is 13.2 Å². The van der Waals surface area contributed by atoms with Gasteiger partial charge in [-0.1, -0.05) is 23.7 Å². The monoisotopic (exact) mass is 403 g/mol. The highest BCUT2D eigenvalue weighted by molar-refractivity contribution is 9.10. The predicted molar refractivity (Wildman–Crippen MR) is 92.4 cm³/mol. The molecule has 0 spiro atoms. The minimum Gasteiger partial charge on any atom is -0.495 e. The lowest BCUT2D eigenvalue weighted by molar-refractivity contribution is 0.414. The highest BCUT2D eigenvalue weighted by atomic mass is 79.9. The second-order valence-corrected chi connectivity index (χ2v) is 7.54. The summed E-state index contributed by atoms with van der Waals surface area (Å²) in [6, 6.07) is 11.6. The zero-order chi connectivity index (χ0) is 16.3. The van der Waals surface area contributed by atoms with E-state index in [2.05, 4.69) is 15.9 Å². The molecule has 0 bridgehead atoms. The first kappa shape index (κ1) is 17.1. The average molecular weight is 405 g/mol. The van der Waals surface area contributed by atoms with Crippen LogP contribution in [0, 0.1) is 0 Å². The van der Waals surface area contributed by atoms with Gasteiger partial charge in [0, 0.05) is 11.0 Å². The average Bonchev–Trinajstić information content (AvgIpc) is 2.49. The van der Waals surface area contributed by atoms with Crippen LogP contribution in [0.25, 0.3) is 0 Å². The van der Waals surface area contributed by atoms with Gasteiger partial charge in [-0.3, -0.25) is 4.31 Å². The van der Waals surface area contributed by atoms with Crippen LogP contribution in [0.5, 0.6) is 5.75 Å². The third-order valence-corrected chi connectivity index (χ3v) is 5.97. The third kappa shape index (κ3) is 3.24. The van der Waals surface area contributed by atoms with Crippen molar-refractivity contribution in [3.8, 4) is 5.75 Å². The van der Waals surface area contributed by atoms with Crippen molar-refractivity contribution >= 4 is 43.2 Å². The number of para-hydroxylation sites is 1. The van der Waals surface area contributed by atoms with E-state index in [1.807, 2.05) is 6.07 Å². The summed E-state index contributed by atoms with van der Waals surface area (Å²) in [5.41, 5.74) is 0.581. The topological polar surface area (TPSA) is 46.6 Å². The number of sulfonamides is 1. The molecule has 0 N–H and O–H groups in total. The number of nitrogens with zero attached hydrogens (tertiary/aromatic N) is 1. The summed E-state index contributed by atoms with van der Waals surface area (Å²) in [7, 11) is -2.23. The van der Waals surface area contributed by atoms with Gasteiger partial charge in [-0.15, -0.1) is 0 Å². The number of anilines is 1. The van der Waals surface area contributed by atoms with Crippen LogP contribution < -0.4 is 9.04 Å². The van der Waals surface area contributed by atoms with Gasteiger partial charge >= 0.3 is 0 Å². The Balaban J connectivity index is 2.52. The summed E-state index contributed by atoms with van der Waals surface area (Å²) in [6.45, 7) is 2.08. The van der Waals surface area contributed by atoms with Crippen LogP contribution >= 0.6 is 27.5 Å². The van der Waals surface area contributed by atoms with E-state index < -0.39 is 10.0 Å². The standard InChI is InChI=1S/C15H15BrClNO3S/c1-3-18(14-7-5-4-6-12(14)16)22(19,20)11-8-9-15(21-2)13(17)10-11/h4-10H,3H2,1-2H3. The number of rotatable bonds is 5. The van der Waals surface area contributed by atoms with Gasteiger partial charge in [0.2, 0.25) is 0 Å². The number of benzene rings is 2. The first-order chi connectivity index (χ1) is 10.4. The molecule has 0 aliphatic heterocycles. The Morgan fingerprint density at radius 3 is 2.45 bits per heavy atom. The number of methoxy groups -OCH3 is 1. The zero-order valence-corrected chi connectivity index (χ0v) is 15.2. The van der Waals surface area contributed by atoms with Gasteiger partial charge in [0.25, 0.3) is 10.0 Å². The Kier molecular flexibility index (Phi) is 5.36. The number of hydrogen-bond donors (Lipinski definition) is 0. The van der Waals surface area contributed by atoms with Crippen LogP contribution in [-0.2, 0) is 10.0 Å². The van der Waals surface area contributed by atoms with Crippen molar-refractivity contribution in [1.82, 2.24) is 0 Å². The van der Waals surface area contributed by atoms with E-state index in [9.17, 15) is 8.42 Å². The largest absolute Gasteiger partial charge is 0.495 e. The highest BCUT2D eigenvalue weighted by Gasteiger charge is 2.25. The van der Waals surface area contributed by atoms with Crippen LogP contribution in [0.3, 0.4) is 0 Å². The highest BCUT2D eigenvalue weighted by Crippen LogP contribution is 2.33. The Morgan fingerprint density at radius 2 is 1.91 bits per heavy atom. The molecule has 2 aromatic carbocycles. The minimum absolute atomic E-state index is 0.121. The number of halogens is 2. The van der Waals surface area contributed by atoms with E-state index in [1.165, 1.54) is 23.5 Å². The normalized spacial score (nSPS) is 11.3. The van der Waals surface area contributed by atoms with Crippen LogP contribution in [0.1, 0.15) is 6.92 Å². The summed E-state index contributed by atoms with van der Waals surface area (Å²) >= 11 is 9.43. The van der Waals surface area contributed by atoms with Gasteiger partial charge in [0.05, 0.1) is 22.7 Å². The maximum absolute atomic E-state index is 12.9. The first-order valence-corrected chi connectivity index (χ1v) is 9.13. The molecule has 0 aliphatic carbocycles. The van der Waals surface area contributed by atoms with E-state index in [4.69, 9.17) is 16.3 Å². The van der Waals surface area contributed by atoms with Gasteiger partial charge in [-0.2, -0.15) is 0 Å². The van der Waals surface area contributed by atoms with Crippen LogP contribution in [0.4, 0.5) is 5.69 Å². The van der Waals surface area contributed by atoms with E-state index in [1.54, 1.807) is 31.2 Å². The number of ether oxygens (including phenoxy) is 1. The second-order valence-electron chi connectivity index (χ2n) is 4.42. The maximum atomic E-state index is 12.9. The molecule has 0 saturated carbocycles. The van der Waals surface area contributed by atoms with Gasteiger partial charge in [-0.25, -0.2) is 8.42 Å². The summed E-state index contributed by atoms with van der Waals surface area (Å²) in [6.07, 6.45) is 0. The van der Waals surface area contributed by atoms with Crippen LogP contribution in [-0.4, -0.2) is 22.1 Å². The van der Waals surface area contributed by atoms with E-state index in [0.29, 0.717) is 22.5 Å². The van der Waals surface area contributed by atoms with Crippen molar-refractivity contribution in [1.29, 1.82) is 0 Å². The maximum Gasteiger partial charge on any atom is 0.264 e. The van der Waals surface area contributed by atoms with Crippen LogP contribution in [0.2, 0.25) is 5.02 Å². The van der Waals surface area contributed by atoms with Crippen LogP contribution in [0.15, 0.2) is 51.8 Å². The van der Waals surface area contributed by atoms with Crippen molar-refractivity contribution in [3.05, 3.63) is 52.0 Å². The Morgan fingerprint density at radius 1 is 1.23 bits per heavy atom. The molecule has 2 rings (SSSR count). The molecule has 22 heavy (non-hydrogen) atoms. The molecular formula is C15H15BrClNO3S. The first-order valence-electron chi connectivity index (χ1n) is 6.52. The Bertz CT molecular complexity index is 780. The molecule has 0 aromatic heterocycles. The van der Waals surface area contributed by atoms with E-state index in [0.717, 1.165) is 0 Å². The van der Waals surface area contributed by atoms with Crippen molar-refractivity contribution in [2.24, 2.45) is 0 Å². The molecule has 118 valence electrons. The molecule has 0 aliphatic rings. The molecule has 0 atom stereocenters. The molecule has 0 saturated heterocycles. The summed E-state index contributed by atoms with van der Waals surface area (Å²) in [4.78, 5) is 0.121. The summed E-state index contributed by atoms with van der Waals surface area (Å²) in [5, 5.41) is 0.256. The quantitative estimate of drug-likeness (QED) is 0.745. The molecule has 0 radical (unpaired) electrons. The van der Waals surface area contributed by atoms with Gasteiger partial charge in [0.15, 0.2) is 0 Å². The molecule has 2 aromatic rings. The van der Waals surface area contributed by atoms with Gasteiger partial charge in [0.1, 0.15) is 5.75 Å². The fourth-order valence-electron chi connectivity index (χ4n) is 2.06. The molecular weight excluding hydrogens is 390 g/mol. The SMILES string of the molecule is CCN(c1ccccc1Br)S(=O)(=O)c1ccc(OC)c(Cl)c1.